The van der Waals surface area contributed by atoms with Crippen molar-refractivity contribution in [3.05, 3.63) is 23.9 Å². The summed E-state index contributed by atoms with van der Waals surface area (Å²) >= 11 is 1.87. The molecule has 1 aromatic rings. The van der Waals surface area contributed by atoms with Crippen molar-refractivity contribution in [2.45, 2.75) is 12.5 Å². The Morgan fingerprint density at radius 1 is 1.67 bits per heavy atom. The lowest BCUT2D eigenvalue weighted by Crippen LogP contribution is -2.16. The summed E-state index contributed by atoms with van der Waals surface area (Å²) in [7, 11) is 0. The van der Waals surface area contributed by atoms with Gasteiger partial charge in [-0.15, -0.1) is 0 Å². The lowest BCUT2D eigenvalue weighted by molar-refractivity contribution is 0.0999. The van der Waals surface area contributed by atoms with E-state index in [9.17, 15) is 4.79 Å². The highest BCUT2D eigenvalue weighted by Gasteiger charge is 2.17. The van der Waals surface area contributed by atoms with Gasteiger partial charge in [-0.3, -0.25) is 4.79 Å². The number of hydrogen-bond acceptors (Lipinski definition) is 4. The van der Waals surface area contributed by atoms with Crippen LogP contribution in [0.5, 0.6) is 5.88 Å². The zero-order chi connectivity index (χ0) is 10.7. The molecule has 1 fully saturated rings. The second-order valence-corrected chi connectivity index (χ2v) is 4.50. The third-order valence-electron chi connectivity index (χ3n) is 2.19. The van der Waals surface area contributed by atoms with Crippen LogP contribution in [0.4, 0.5) is 0 Å². The number of nitrogens with two attached hydrogens (primary N) is 1. The van der Waals surface area contributed by atoms with Crippen LogP contribution in [-0.4, -0.2) is 28.5 Å². The molecule has 5 heteroatoms. The van der Waals surface area contributed by atoms with Gasteiger partial charge in [-0.25, -0.2) is 4.98 Å². The Labute approximate surface area is 92.2 Å². The van der Waals surface area contributed by atoms with Crippen molar-refractivity contribution in [2.24, 2.45) is 5.73 Å². The van der Waals surface area contributed by atoms with Crippen LogP contribution in [0.1, 0.15) is 16.8 Å². The average Bonchev–Trinajstić information content (AvgIpc) is 2.71. The molecular weight excluding hydrogens is 212 g/mol. The van der Waals surface area contributed by atoms with Gasteiger partial charge in [0.15, 0.2) is 0 Å². The van der Waals surface area contributed by atoms with E-state index in [2.05, 4.69) is 4.98 Å². The summed E-state index contributed by atoms with van der Waals surface area (Å²) in [5.41, 5.74) is 5.60. The average molecular weight is 224 g/mol. The smallest absolute Gasteiger partial charge is 0.248 e. The van der Waals surface area contributed by atoms with Gasteiger partial charge in [0.25, 0.3) is 0 Å². The van der Waals surface area contributed by atoms with Gasteiger partial charge in [0.1, 0.15) is 6.10 Å². The molecule has 1 aliphatic rings. The molecule has 15 heavy (non-hydrogen) atoms. The number of rotatable bonds is 3. The van der Waals surface area contributed by atoms with E-state index in [-0.39, 0.29) is 6.10 Å². The van der Waals surface area contributed by atoms with Crippen LogP contribution in [-0.2, 0) is 0 Å². The number of carbonyl (C=O) groups excluding carboxylic acids is 1. The van der Waals surface area contributed by atoms with Crippen LogP contribution in [0.15, 0.2) is 18.3 Å². The third-order valence-corrected chi connectivity index (χ3v) is 3.33. The fourth-order valence-corrected chi connectivity index (χ4v) is 2.50. The minimum atomic E-state index is -0.456. The van der Waals surface area contributed by atoms with E-state index in [0.29, 0.717) is 11.4 Å². The van der Waals surface area contributed by atoms with Crippen LogP contribution in [0.2, 0.25) is 0 Å². The molecule has 1 amide bonds. The zero-order valence-corrected chi connectivity index (χ0v) is 9.00. The van der Waals surface area contributed by atoms with Crippen molar-refractivity contribution in [1.29, 1.82) is 0 Å². The largest absolute Gasteiger partial charge is 0.473 e. The van der Waals surface area contributed by atoms with Gasteiger partial charge in [-0.1, -0.05) is 0 Å². The molecule has 2 rings (SSSR count). The first kappa shape index (κ1) is 10.3. The number of primary amides is 1. The topological polar surface area (TPSA) is 65.2 Å². The molecule has 0 saturated carbocycles. The summed E-state index contributed by atoms with van der Waals surface area (Å²) in [6.07, 6.45) is 2.79. The Bertz CT molecular complexity index is 364. The van der Waals surface area contributed by atoms with E-state index in [0.717, 1.165) is 17.9 Å². The highest BCUT2D eigenvalue weighted by Crippen LogP contribution is 2.22. The second-order valence-electron chi connectivity index (χ2n) is 3.35. The monoisotopic (exact) mass is 224 g/mol. The highest BCUT2D eigenvalue weighted by molar-refractivity contribution is 7.99. The molecule has 0 aromatic carbocycles. The van der Waals surface area contributed by atoms with Crippen molar-refractivity contribution in [1.82, 2.24) is 4.98 Å². The first-order valence-corrected chi connectivity index (χ1v) is 5.91. The van der Waals surface area contributed by atoms with Crippen molar-refractivity contribution < 1.29 is 9.53 Å². The number of nitrogens with zero attached hydrogens (tertiary/aromatic N) is 1. The fourth-order valence-electron chi connectivity index (χ4n) is 1.40. The van der Waals surface area contributed by atoms with Gasteiger partial charge in [-0.2, -0.15) is 11.8 Å². The number of thioether (sulfide) groups is 1. The van der Waals surface area contributed by atoms with Crippen molar-refractivity contribution in [3.8, 4) is 5.88 Å². The minimum Gasteiger partial charge on any atom is -0.473 e. The molecule has 0 unspecified atom stereocenters. The molecule has 1 atom stereocenters. The predicted octanol–water partition coefficient (Wildman–Crippen LogP) is 1.06. The number of carbonyl (C=O) groups is 1. The highest BCUT2D eigenvalue weighted by atomic mass is 32.2. The summed E-state index contributed by atoms with van der Waals surface area (Å²) in [5, 5.41) is 0. The van der Waals surface area contributed by atoms with Crippen LogP contribution in [0.25, 0.3) is 0 Å². The molecule has 80 valence electrons. The standard InChI is InChI=1S/C10H12N2O2S/c11-10(13)7-1-3-12-9(5-7)14-8-2-4-15-6-8/h1,3,5,8H,2,4,6H2,(H2,11,13)/t8-/m0/s1. The normalized spacial score (nSPS) is 20.1. The molecule has 1 aliphatic heterocycles. The Balaban J connectivity index is 2.07. The molecular formula is C10H12N2O2S. The summed E-state index contributed by atoms with van der Waals surface area (Å²) in [6, 6.07) is 3.17. The quantitative estimate of drug-likeness (QED) is 0.834. The summed E-state index contributed by atoms with van der Waals surface area (Å²) < 4.78 is 5.63. The summed E-state index contributed by atoms with van der Waals surface area (Å²) in [5.74, 6) is 2.14. The molecule has 0 radical (unpaired) electrons. The molecule has 0 aliphatic carbocycles. The number of aromatic nitrogens is 1. The number of ether oxygens (including phenoxy) is 1. The van der Waals surface area contributed by atoms with E-state index in [1.54, 1.807) is 12.1 Å². The Kier molecular flexibility index (Phi) is 3.11. The number of pyridine rings is 1. The molecule has 1 saturated heterocycles. The second kappa shape index (κ2) is 4.53. The van der Waals surface area contributed by atoms with Gasteiger partial charge in [0, 0.05) is 23.6 Å². The van der Waals surface area contributed by atoms with Crippen LogP contribution < -0.4 is 10.5 Å². The third kappa shape index (κ3) is 2.62. The van der Waals surface area contributed by atoms with Crippen LogP contribution in [0.3, 0.4) is 0 Å². The lowest BCUT2D eigenvalue weighted by Gasteiger charge is -2.11. The maximum atomic E-state index is 10.9. The van der Waals surface area contributed by atoms with Crippen LogP contribution >= 0.6 is 11.8 Å². The molecule has 0 spiro atoms. The maximum Gasteiger partial charge on any atom is 0.248 e. The number of hydrogen-bond donors (Lipinski definition) is 1. The zero-order valence-electron chi connectivity index (χ0n) is 8.18. The van der Waals surface area contributed by atoms with Gasteiger partial charge >= 0.3 is 0 Å². The molecule has 4 nitrogen and oxygen atoms in total. The first-order valence-electron chi connectivity index (χ1n) is 4.76. The maximum absolute atomic E-state index is 10.9. The molecule has 2 N–H and O–H groups in total. The van der Waals surface area contributed by atoms with Crippen molar-refractivity contribution >= 4 is 17.7 Å². The molecule has 0 bridgehead atoms. The van der Waals surface area contributed by atoms with E-state index in [4.69, 9.17) is 10.5 Å². The first-order chi connectivity index (χ1) is 7.25. The summed E-state index contributed by atoms with van der Waals surface area (Å²) in [6.45, 7) is 0. The van der Waals surface area contributed by atoms with Gasteiger partial charge in [-0.05, 0) is 18.2 Å². The molecule has 1 aromatic heterocycles. The number of amides is 1. The Hall–Kier alpha value is -1.23. The van der Waals surface area contributed by atoms with Crippen LogP contribution in [0, 0.1) is 0 Å². The van der Waals surface area contributed by atoms with E-state index in [1.165, 1.54) is 6.20 Å². The van der Waals surface area contributed by atoms with E-state index < -0.39 is 5.91 Å². The Morgan fingerprint density at radius 3 is 3.20 bits per heavy atom. The van der Waals surface area contributed by atoms with Crippen molar-refractivity contribution in [2.75, 3.05) is 11.5 Å². The van der Waals surface area contributed by atoms with E-state index in [1.807, 2.05) is 11.8 Å². The SMILES string of the molecule is NC(=O)c1ccnc(O[C@H]2CCSC2)c1. The summed E-state index contributed by atoms with van der Waals surface area (Å²) in [4.78, 5) is 15.0. The van der Waals surface area contributed by atoms with Gasteiger partial charge in [0.2, 0.25) is 11.8 Å². The predicted molar refractivity (Wildman–Crippen MR) is 59.1 cm³/mol. The van der Waals surface area contributed by atoms with Gasteiger partial charge < -0.3 is 10.5 Å². The Morgan fingerprint density at radius 2 is 2.53 bits per heavy atom. The van der Waals surface area contributed by atoms with E-state index >= 15 is 0 Å². The minimum absolute atomic E-state index is 0.214. The van der Waals surface area contributed by atoms with Crippen molar-refractivity contribution in [3.63, 3.8) is 0 Å². The van der Waals surface area contributed by atoms with Gasteiger partial charge in [0.05, 0.1) is 0 Å². The fraction of sp³-hybridized carbons (Fsp3) is 0.400. The lowest BCUT2D eigenvalue weighted by atomic mass is 10.2. The molecule has 2 heterocycles.